The summed E-state index contributed by atoms with van der Waals surface area (Å²) < 4.78 is 0. The molecule has 0 aromatic rings. The molecule has 212 valence electrons. The van der Waals surface area contributed by atoms with Gasteiger partial charge in [0.2, 0.25) is 0 Å². The van der Waals surface area contributed by atoms with Crippen molar-refractivity contribution in [2.45, 2.75) is 214 Å². The Kier molecular flexibility index (Phi) is 30.2. The van der Waals surface area contributed by atoms with Gasteiger partial charge in [-0.15, -0.1) is 0 Å². The lowest BCUT2D eigenvalue weighted by molar-refractivity contribution is 0.425. The van der Waals surface area contributed by atoms with Gasteiger partial charge in [-0.05, 0) is 11.8 Å². The van der Waals surface area contributed by atoms with E-state index in [2.05, 4.69) is 27.7 Å². The lowest BCUT2D eigenvalue weighted by Crippen LogP contribution is -1.95. The van der Waals surface area contributed by atoms with Gasteiger partial charge >= 0.3 is 0 Å². The van der Waals surface area contributed by atoms with Gasteiger partial charge in [0.25, 0.3) is 0 Å². The van der Waals surface area contributed by atoms with E-state index < -0.39 is 0 Å². The van der Waals surface area contributed by atoms with Gasteiger partial charge < -0.3 is 0 Å². The van der Waals surface area contributed by atoms with Gasteiger partial charge in [-0.1, -0.05) is 214 Å². The van der Waals surface area contributed by atoms with Gasteiger partial charge in [0.1, 0.15) is 0 Å². The minimum atomic E-state index is 0.944. The Labute approximate surface area is 225 Å². The van der Waals surface area contributed by atoms with Crippen molar-refractivity contribution in [1.29, 1.82) is 0 Å². The second-order valence-electron chi connectivity index (χ2n) is 12.5. The maximum Gasteiger partial charge on any atom is -0.0443 e. The van der Waals surface area contributed by atoms with E-state index in [0.717, 1.165) is 11.8 Å². The Bertz CT molecular complexity index is 359. The molecular weight excluding hydrogens is 420 g/mol. The molecule has 0 aliphatic carbocycles. The SMILES string of the molecule is CCCCCCCCCCCCCCCCCCCCCCC(C)CCCCCCCC(C)CC. The summed E-state index contributed by atoms with van der Waals surface area (Å²) in [4.78, 5) is 0. The van der Waals surface area contributed by atoms with Crippen LogP contribution in [0.25, 0.3) is 0 Å². The molecule has 0 aliphatic rings. The molecule has 0 aromatic heterocycles. The van der Waals surface area contributed by atoms with Crippen molar-refractivity contribution in [2.24, 2.45) is 11.8 Å². The van der Waals surface area contributed by atoms with Crippen molar-refractivity contribution in [3.05, 3.63) is 0 Å². The van der Waals surface area contributed by atoms with Gasteiger partial charge in [0.15, 0.2) is 0 Å². The largest absolute Gasteiger partial charge is 0.0654 e. The van der Waals surface area contributed by atoms with E-state index in [1.165, 1.54) is 186 Å². The first kappa shape index (κ1) is 35.0. The highest BCUT2D eigenvalue weighted by Crippen LogP contribution is 2.20. The molecule has 0 spiro atoms. The molecule has 0 bridgehead atoms. The Morgan fingerprint density at radius 2 is 0.514 bits per heavy atom. The van der Waals surface area contributed by atoms with E-state index in [-0.39, 0.29) is 0 Å². The standard InChI is InChI=1S/C35H72/c1-5-7-8-9-10-11-12-13-14-15-16-17-18-19-20-21-22-23-25-29-32-35(4)33-30-27-24-26-28-31-34(3)6-2/h34-35H,5-33H2,1-4H3. The Morgan fingerprint density at radius 1 is 0.286 bits per heavy atom. The first-order valence-electron chi connectivity index (χ1n) is 17.2. The maximum atomic E-state index is 2.50. The van der Waals surface area contributed by atoms with Crippen LogP contribution in [0.2, 0.25) is 0 Å². The molecule has 0 aromatic carbocycles. The monoisotopic (exact) mass is 493 g/mol. The summed E-state index contributed by atoms with van der Waals surface area (Å²) in [5, 5.41) is 0. The van der Waals surface area contributed by atoms with Crippen molar-refractivity contribution in [3.8, 4) is 0 Å². The molecule has 0 amide bonds. The summed E-state index contributed by atoms with van der Waals surface area (Å²) in [6.45, 7) is 9.54. The van der Waals surface area contributed by atoms with Gasteiger partial charge in [-0.25, -0.2) is 0 Å². The third kappa shape index (κ3) is 30.1. The van der Waals surface area contributed by atoms with E-state index >= 15 is 0 Å². The van der Waals surface area contributed by atoms with E-state index in [4.69, 9.17) is 0 Å². The maximum absolute atomic E-state index is 2.50. The van der Waals surface area contributed by atoms with Crippen molar-refractivity contribution in [2.75, 3.05) is 0 Å². The van der Waals surface area contributed by atoms with Crippen LogP contribution >= 0.6 is 0 Å². The third-order valence-corrected chi connectivity index (χ3v) is 8.64. The summed E-state index contributed by atoms with van der Waals surface area (Å²) >= 11 is 0. The molecule has 0 fully saturated rings. The first-order valence-corrected chi connectivity index (χ1v) is 17.2. The van der Waals surface area contributed by atoms with Crippen LogP contribution in [-0.4, -0.2) is 0 Å². The summed E-state index contributed by atoms with van der Waals surface area (Å²) in [6, 6.07) is 0. The Morgan fingerprint density at radius 3 is 0.771 bits per heavy atom. The molecule has 35 heavy (non-hydrogen) atoms. The molecule has 0 saturated heterocycles. The van der Waals surface area contributed by atoms with Crippen LogP contribution in [-0.2, 0) is 0 Å². The molecule has 0 radical (unpaired) electrons. The zero-order valence-corrected chi connectivity index (χ0v) is 25.7. The molecule has 2 atom stereocenters. The molecule has 0 rings (SSSR count). The summed E-state index contributed by atoms with van der Waals surface area (Å²) in [5.41, 5.74) is 0. The fourth-order valence-electron chi connectivity index (χ4n) is 5.61. The highest BCUT2D eigenvalue weighted by atomic mass is 14.1. The lowest BCUT2D eigenvalue weighted by Gasteiger charge is -2.11. The molecule has 0 nitrogen and oxygen atoms in total. The highest BCUT2D eigenvalue weighted by Gasteiger charge is 2.03. The number of rotatable bonds is 30. The number of hydrogen-bond donors (Lipinski definition) is 0. The fourth-order valence-corrected chi connectivity index (χ4v) is 5.61. The molecule has 0 heteroatoms. The van der Waals surface area contributed by atoms with Crippen molar-refractivity contribution < 1.29 is 0 Å². The quantitative estimate of drug-likeness (QED) is 0.0874. The predicted molar refractivity (Wildman–Crippen MR) is 164 cm³/mol. The van der Waals surface area contributed by atoms with Crippen LogP contribution in [0, 0.1) is 11.8 Å². The average molecular weight is 493 g/mol. The normalized spacial score (nSPS) is 13.4. The van der Waals surface area contributed by atoms with E-state index in [1.807, 2.05) is 0 Å². The van der Waals surface area contributed by atoms with Crippen LogP contribution in [0.5, 0.6) is 0 Å². The van der Waals surface area contributed by atoms with Crippen LogP contribution in [0.3, 0.4) is 0 Å². The summed E-state index contributed by atoms with van der Waals surface area (Å²) in [6.07, 6.45) is 42.7. The lowest BCUT2D eigenvalue weighted by atomic mass is 9.95. The highest BCUT2D eigenvalue weighted by molar-refractivity contribution is 4.57. The third-order valence-electron chi connectivity index (χ3n) is 8.64. The zero-order valence-electron chi connectivity index (χ0n) is 25.7. The van der Waals surface area contributed by atoms with Gasteiger partial charge in [0, 0.05) is 0 Å². The van der Waals surface area contributed by atoms with Crippen molar-refractivity contribution >= 4 is 0 Å². The minimum absolute atomic E-state index is 0.944. The Balaban J connectivity index is 3.13. The first-order chi connectivity index (χ1) is 17.2. The van der Waals surface area contributed by atoms with E-state index in [0.29, 0.717) is 0 Å². The van der Waals surface area contributed by atoms with Crippen LogP contribution in [0.1, 0.15) is 214 Å². The van der Waals surface area contributed by atoms with Crippen molar-refractivity contribution in [3.63, 3.8) is 0 Å². The Hall–Kier alpha value is 0. The van der Waals surface area contributed by atoms with Crippen LogP contribution in [0.4, 0.5) is 0 Å². The summed E-state index contributed by atoms with van der Waals surface area (Å²) in [7, 11) is 0. The average Bonchev–Trinajstić information content (AvgIpc) is 2.86. The minimum Gasteiger partial charge on any atom is -0.0654 e. The molecule has 0 N–H and O–H groups in total. The topological polar surface area (TPSA) is 0 Å². The van der Waals surface area contributed by atoms with Crippen molar-refractivity contribution in [1.82, 2.24) is 0 Å². The van der Waals surface area contributed by atoms with Gasteiger partial charge in [-0.2, -0.15) is 0 Å². The number of hydrogen-bond acceptors (Lipinski definition) is 0. The second-order valence-corrected chi connectivity index (χ2v) is 12.5. The smallest absolute Gasteiger partial charge is 0.0443 e. The molecular formula is C35H72. The van der Waals surface area contributed by atoms with E-state index in [1.54, 1.807) is 0 Å². The predicted octanol–water partition coefficient (Wildman–Crippen LogP) is 13.6. The van der Waals surface area contributed by atoms with Gasteiger partial charge in [-0.3, -0.25) is 0 Å². The fraction of sp³-hybridized carbons (Fsp3) is 1.00. The van der Waals surface area contributed by atoms with Gasteiger partial charge in [0.05, 0.1) is 0 Å². The second kappa shape index (κ2) is 30.2. The summed E-state index contributed by atoms with van der Waals surface area (Å²) in [5.74, 6) is 1.91. The molecule has 0 saturated carbocycles. The van der Waals surface area contributed by atoms with Crippen LogP contribution in [0.15, 0.2) is 0 Å². The molecule has 2 unspecified atom stereocenters. The zero-order chi connectivity index (χ0) is 25.7. The van der Waals surface area contributed by atoms with E-state index in [9.17, 15) is 0 Å². The number of unbranched alkanes of at least 4 members (excludes halogenated alkanes) is 23. The molecule has 0 heterocycles. The molecule has 0 aliphatic heterocycles. The van der Waals surface area contributed by atoms with Crippen LogP contribution < -0.4 is 0 Å².